The van der Waals surface area contributed by atoms with Crippen molar-refractivity contribution in [2.24, 2.45) is 5.73 Å². The Balaban J connectivity index is 1.60. The van der Waals surface area contributed by atoms with Crippen LogP contribution in [0, 0.1) is 18.3 Å². The Kier molecular flexibility index (Phi) is 6.19. The van der Waals surface area contributed by atoms with Crippen LogP contribution < -0.4 is 19.9 Å². The average molecular weight is 499 g/mol. The second-order valence-corrected chi connectivity index (χ2v) is 9.06. The monoisotopic (exact) mass is 498 g/mol. The lowest BCUT2D eigenvalue weighted by Gasteiger charge is -2.25. The predicted octanol–water partition coefficient (Wildman–Crippen LogP) is 5.28. The number of nitrogens with one attached hydrogen (secondary N) is 1. The quantitative estimate of drug-likeness (QED) is 0.274. The topological polar surface area (TPSA) is 123 Å². The number of hydrogen-bond donors (Lipinski definition) is 2. The van der Waals surface area contributed by atoms with Gasteiger partial charge in [-0.15, -0.1) is 16.4 Å². The minimum Gasteiger partial charge on any atom is -0.490 e. The van der Waals surface area contributed by atoms with E-state index in [0.29, 0.717) is 34.2 Å². The molecule has 36 heavy (non-hydrogen) atoms. The summed E-state index contributed by atoms with van der Waals surface area (Å²) >= 11 is 1.30. The number of allylic oxidation sites excluding steroid dienone is 1. The summed E-state index contributed by atoms with van der Waals surface area (Å²) in [4.78, 5) is 13.0. The molecular weight excluding hydrogens is 476 g/mol. The van der Waals surface area contributed by atoms with E-state index in [4.69, 9.17) is 19.9 Å². The lowest BCUT2D eigenvalue weighted by molar-refractivity contribution is 0.0733. The number of aromatic nitrogens is 2. The molecule has 0 aliphatic carbocycles. The Hall–Kier alpha value is -4.55. The number of fused-ring (bicyclic) bond motifs is 1. The smallest absolute Gasteiger partial charge is 0.353 e. The molecule has 1 atom stereocenters. The number of carbonyl (C=O) groups excluding carboxylic acids is 1. The molecule has 0 saturated carbocycles. The fourth-order valence-corrected chi connectivity index (χ4v) is 4.72. The molecule has 3 N–H and O–H groups in total. The highest BCUT2D eigenvalue weighted by molar-refractivity contribution is 7.12. The van der Waals surface area contributed by atoms with Gasteiger partial charge in [0.1, 0.15) is 16.5 Å². The highest BCUT2D eigenvalue weighted by atomic mass is 32.1. The van der Waals surface area contributed by atoms with E-state index in [0.717, 1.165) is 16.8 Å². The van der Waals surface area contributed by atoms with E-state index in [1.165, 1.54) is 11.3 Å². The zero-order chi connectivity index (χ0) is 25.2. The number of nitrogens with zero attached hydrogens (tertiary/aromatic N) is 2. The van der Waals surface area contributed by atoms with Crippen LogP contribution in [0.1, 0.15) is 39.2 Å². The van der Waals surface area contributed by atoms with Crippen LogP contribution in [0.15, 0.2) is 71.4 Å². The van der Waals surface area contributed by atoms with Crippen LogP contribution in [0.5, 0.6) is 17.4 Å². The van der Waals surface area contributed by atoms with Crippen molar-refractivity contribution in [2.45, 2.75) is 19.8 Å². The Bertz CT molecular complexity index is 1500. The van der Waals surface area contributed by atoms with Crippen molar-refractivity contribution in [1.82, 2.24) is 10.2 Å². The molecule has 0 radical (unpaired) electrons. The third-order valence-corrected chi connectivity index (χ3v) is 6.65. The zero-order valence-electron chi connectivity index (χ0n) is 19.6. The number of esters is 1. The summed E-state index contributed by atoms with van der Waals surface area (Å²) < 4.78 is 17.1. The van der Waals surface area contributed by atoms with Crippen molar-refractivity contribution < 1.29 is 19.0 Å². The number of aryl methyl sites for hydroxylation is 1. The summed E-state index contributed by atoms with van der Waals surface area (Å²) in [6, 6.07) is 18.9. The Labute approximate surface area is 211 Å². The van der Waals surface area contributed by atoms with Gasteiger partial charge >= 0.3 is 5.97 Å². The van der Waals surface area contributed by atoms with Crippen LogP contribution in [-0.2, 0) is 0 Å². The van der Waals surface area contributed by atoms with Crippen molar-refractivity contribution in [3.8, 4) is 34.7 Å². The normalized spacial score (nSPS) is 14.5. The minimum atomic E-state index is -0.574. The molecule has 0 amide bonds. The van der Waals surface area contributed by atoms with Gasteiger partial charge in [0.05, 0.1) is 23.8 Å². The SMILES string of the molecule is CCOc1cc([C@H]2C(C#N)=C(N)Oc3n[nH]c(-c4ccc(C)cc4)c32)ccc1OC(=O)c1cccs1. The van der Waals surface area contributed by atoms with Crippen LogP contribution in [0.3, 0.4) is 0 Å². The molecule has 5 rings (SSSR count). The van der Waals surface area contributed by atoms with Crippen LogP contribution in [-0.4, -0.2) is 22.8 Å². The number of nitrogens with two attached hydrogens (primary N) is 1. The van der Waals surface area contributed by atoms with Crippen molar-refractivity contribution >= 4 is 17.3 Å². The number of aromatic amines is 1. The molecule has 9 heteroatoms. The molecule has 180 valence electrons. The summed E-state index contributed by atoms with van der Waals surface area (Å²) in [5, 5.41) is 19.2. The summed E-state index contributed by atoms with van der Waals surface area (Å²) in [6.45, 7) is 4.21. The lowest BCUT2D eigenvalue weighted by Crippen LogP contribution is -2.21. The first-order valence-electron chi connectivity index (χ1n) is 11.3. The molecule has 0 bridgehead atoms. The van der Waals surface area contributed by atoms with Crippen molar-refractivity contribution in [2.75, 3.05) is 6.61 Å². The van der Waals surface area contributed by atoms with Gasteiger partial charge in [-0.3, -0.25) is 5.10 Å². The summed E-state index contributed by atoms with van der Waals surface area (Å²) in [5.41, 5.74) is 10.5. The van der Waals surface area contributed by atoms with E-state index >= 15 is 0 Å². The molecule has 1 aliphatic heterocycles. The van der Waals surface area contributed by atoms with E-state index in [9.17, 15) is 10.1 Å². The lowest BCUT2D eigenvalue weighted by atomic mass is 9.83. The van der Waals surface area contributed by atoms with Crippen molar-refractivity contribution in [3.63, 3.8) is 0 Å². The van der Waals surface area contributed by atoms with Crippen LogP contribution in [0.25, 0.3) is 11.3 Å². The summed E-state index contributed by atoms with van der Waals surface area (Å²) in [6.07, 6.45) is 0. The van der Waals surface area contributed by atoms with Gasteiger partial charge in [0.25, 0.3) is 0 Å². The molecule has 1 aliphatic rings. The Morgan fingerprint density at radius 3 is 2.72 bits per heavy atom. The molecule has 8 nitrogen and oxygen atoms in total. The third-order valence-electron chi connectivity index (χ3n) is 5.81. The molecule has 2 aromatic heterocycles. The Morgan fingerprint density at radius 2 is 2.03 bits per heavy atom. The maximum Gasteiger partial charge on any atom is 0.353 e. The van der Waals surface area contributed by atoms with Gasteiger partial charge in [0.2, 0.25) is 11.8 Å². The number of rotatable bonds is 6. The number of thiophene rings is 1. The van der Waals surface area contributed by atoms with E-state index in [-0.39, 0.29) is 17.2 Å². The van der Waals surface area contributed by atoms with Crippen LogP contribution >= 0.6 is 11.3 Å². The first kappa shape index (κ1) is 23.2. The van der Waals surface area contributed by atoms with Gasteiger partial charge < -0.3 is 19.9 Å². The van der Waals surface area contributed by atoms with E-state index in [2.05, 4.69) is 16.3 Å². The van der Waals surface area contributed by atoms with Crippen molar-refractivity contribution in [1.29, 1.82) is 5.26 Å². The van der Waals surface area contributed by atoms with E-state index in [1.807, 2.05) is 43.5 Å². The third kappa shape index (κ3) is 4.19. The van der Waals surface area contributed by atoms with Crippen LogP contribution in [0.2, 0.25) is 0 Å². The number of carbonyl (C=O) groups is 1. The summed E-state index contributed by atoms with van der Waals surface area (Å²) in [7, 11) is 0. The number of H-pyrrole nitrogens is 1. The molecule has 3 heterocycles. The number of ether oxygens (including phenoxy) is 3. The van der Waals surface area contributed by atoms with E-state index < -0.39 is 11.9 Å². The maximum absolute atomic E-state index is 12.6. The number of hydrogen-bond acceptors (Lipinski definition) is 8. The highest BCUT2D eigenvalue weighted by Crippen LogP contribution is 2.47. The average Bonchev–Trinajstić information content (AvgIpc) is 3.55. The van der Waals surface area contributed by atoms with Crippen LogP contribution in [0.4, 0.5) is 0 Å². The highest BCUT2D eigenvalue weighted by Gasteiger charge is 2.36. The van der Waals surface area contributed by atoms with Gasteiger partial charge in [0, 0.05) is 5.56 Å². The van der Waals surface area contributed by atoms with Crippen molar-refractivity contribution in [3.05, 3.63) is 93.0 Å². The van der Waals surface area contributed by atoms with Gasteiger partial charge in [-0.1, -0.05) is 42.0 Å². The first-order valence-corrected chi connectivity index (χ1v) is 12.1. The van der Waals surface area contributed by atoms with Gasteiger partial charge in [-0.05, 0) is 43.0 Å². The summed E-state index contributed by atoms with van der Waals surface area (Å²) in [5.74, 6) is -0.0845. The largest absolute Gasteiger partial charge is 0.490 e. The number of benzene rings is 2. The molecule has 2 aromatic carbocycles. The molecule has 0 unspecified atom stereocenters. The fourth-order valence-electron chi connectivity index (χ4n) is 4.12. The molecular formula is C27H22N4O4S. The predicted molar refractivity (Wildman–Crippen MR) is 135 cm³/mol. The van der Waals surface area contributed by atoms with Gasteiger partial charge in [-0.25, -0.2) is 4.79 Å². The van der Waals surface area contributed by atoms with Gasteiger partial charge in [0.15, 0.2) is 11.5 Å². The molecule has 0 fully saturated rings. The molecule has 0 spiro atoms. The standard InChI is InChI=1S/C27H22N4O4S/c1-3-33-20-13-17(10-11-19(20)34-27(32)21-5-4-12-36-21)22-18(14-28)25(29)35-26-23(22)24(30-31-26)16-8-6-15(2)7-9-16/h4-13,22H,3,29H2,1-2H3,(H,30,31)/t22-/m0/s1. The fraction of sp³-hybridized carbons (Fsp3) is 0.148. The minimum absolute atomic E-state index is 0.0110. The second kappa shape index (κ2) is 9.60. The molecule has 4 aromatic rings. The second-order valence-electron chi connectivity index (χ2n) is 8.11. The Morgan fingerprint density at radius 1 is 1.22 bits per heavy atom. The first-order chi connectivity index (χ1) is 17.5. The van der Waals surface area contributed by atoms with E-state index in [1.54, 1.807) is 30.3 Å². The number of nitriles is 1. The maximum atomic E-state index is 12.6. The molecule has 0 saturated heterocycles. The van der Waals surface area contributed by atoms with Gasteiger partial charge in [-0.2, -0.15) is 5.26 Å². The zero-order valence-corrected chi connectivity index (χ0v) is 20.4.